The fraction of sp³-hybridized carbons (Fsp3) is 0.133. The van der Waals surface area contributed by atoms with Crippen LogP contribution in [0.4, 0.5) is 0 Å². The van der Waals surface area contributed by atoms with Gasteiger partial charge in [-0.15, -0.1) is 10.2 Å². The third-order valence-electron chi connectivity index (χ3n) is 3.20. The molecule has 5 heteroatoms. The van der Waals surface area contributed by atoms with Crippen LogP contribution in [-0.4, -0.2) is 21.7 Å². The Balaban J connectivity index is 2.22. The Bertz CT molecular complexity index is 829. The summed E-state index contributed by atoms with van der Waals surface area (Å²) in [5.41, 5.74) is 3.23. The molecule has 0 atom stereocenters. The fourth-order valence-corrected chi connectivity index (χ4v) is 2.11. The highest BCUT2D eigenvalue weighted by atomic mass is 16.5. The molecule has 2 heterocycles. The summed E-state index contributed by atoms with van der Waals surface area (Å²) in [7, 11) is 1.64. The van der Waals surface area contributed by atoms with Gasteiger partial charge in [-0.1, -0.05) is 12.1 Å². The van der Waals surface area contributed by atoms with E-state index in [9.17, 15) is 0 Å². The number of aryl methyl sites for hydroxylation is 1. The van der Waals surface area contributed by atoms with Crippen molar-refractivity contribution in [2.75, 3.05) is 7.11 Å². The molecule has 5 nitrogen and oxygen atoms in total. The first kappa shape index (κ1) is 12.2. The Labute approximate surface area is 116 Å². The van der Waals surface area contributed by atoms with Crippen molar-refractivity contribution in [1.82, 2.24) is 14.6 Å². The third kappa shape index (κ3) is 1.88. The van der Waals surface area contributed by atoms with E-state index < -0.39 is 0 Å². The highest BCUT2D eigenvalue weighted by molar-refractivity contribution is 5.63. The van der Waals surface area contributed by atoms with Crippen molar-refractivity contribution in [3.05, 3.63) is 47.7 Å². The second-order valence-corrected chi connectivity index (χ2v) is 4.47. The summed E-state index contributed by atoms with van der Waals surface area (Å²) in [4.78, 5) is 0. The Morgan fingerprint density at radius 3 is 2.80 bits per heavy atom. The first-order chi connectivity index (χ1) is 9.72. The average Bonchev–Trinajstić information content (AvgIpc) is 2.90. The second kappa shape index (κ2) is 4.67. The van der Waals surface area contributed by atoms with Gasteiger partial charge in [0.15, 0.2) is 11.5 Å². The Kier molecular flexibility index (Phi) is 2.84. The molecule has 2 aromatic heterocycles. The average molecular weight is 264 g/mol. The lowest BCUT2D eigenvalue weighted by Gasteiger charge is -2.06. The zero-order valence-corrected chi connectivity index (χ0v) is 11.2. The van der Waals surface area contributed by atoms with Crippen LogP contribution in [0.25, 0.3) is 17.0 Å². The summed E-state index contributed by atoms with van der Waals surface area (Å²) in [6.45, 7) is 1.98. The van der Waals surface area contributed by atoms with Crippen LogP contribution >= 0.6 is 0 Å². The molecule has 0 saturated carbocycles. The van der Waals surface area contributed by atoms with Crippen LogP contribution in [0.2, 0.25) is 0 Å². The van der Waals surface area contributed by atoms with Gasteiger partial charge in [0, 0.05) is 11.8 Å². The molecule has 0 spiro atoms. The molecular formula is C15H12N4O. The number of benzene rings is 1. The molecule has 1 aromatic carbocycles. The van der Waals surface area contributed by atoms with Crippen molar-refractivity contribution in [3.63, 3.8) is 0 Å². The molecule has 0 aliphatic rings. The van der Waals surface area contributed by atoms with E-state index in [-0.39, 0.29) is 0 Å². The van der Waals surface area contributed by atoms with E-state index in [2.05, 4.69) is 16.3 Å². The maximum Gasteiger partial charge on any atom is 0.168 e. The molecule has 0 fully saturated rings. The summed E-state index contributed by atoms with van der Waals surface area (Å²) < 4.78 is 7.14. The molecule has 20 heavy (non-hydrogen) atoms. The van der Waals surface area contributed by atoms with Crippen molar-refractivity contribution < 1.29 is 4.74 Å². The zero-order valence-electron chi connectivity index (χ0n) is 11.2. The normalized spacial score (nSPS) is 10.4. The van der Waals surface area contributed by atoms with Crippen LogP contribution in [0.1, 0.15) is 11.1 Å². The predicted molar refractivity (Wildman–Crippen MR) is 74.4 cm³/mol. The second-order valence-electron chi connectivity index (χ2n) is 4.47. The van der Waals surface area contributed by atoms with E-state index in [4.69, 9.17) is 10.00 Å². The topological polar surface area (TPSA) is 63.2 Å². The van der Waals surface area contributed by atoms with Gasteiger partial charge in [-0.3, -0.25) is 4.40 Å². The minimum Gasteiger partial charge on any atom is -0.496 e. The first-order valence-corrected chi connectivity index (χ1v) is 6.13. The number of hydrogen-bond donors (Lipinski definition) is 0. The quantitative estimate of drug-likeness (QED) is 0.713. The van der Waals surface area contributed by atoms with Crippen LogP contribution in [0.3, 0.4) is 0 Å². The van der Waals surface area contributed by atoms with Crippen molar-refractivity contribution >= 4 is 5.65 Å². The molecule has 98 valence electrons. The minimum atomic E-state index is 0.567. The van der Waals surface area contributed by atoms with E-state index in [1.165, 1.54) is 0 Å². The number of rotatable bonds is 2. The summed E-state index contributed by atoms with van der Waals surface area (Å²) in [5.74, 6) is 1.49. The lowest BCUT2D eigenvalue weighted by molar-refractivity contribution is 0.412. The van der Waals surface area contributed by atoms with Gasteiger partial charge in [0.2, 0.25) is 0 Å². The van der Waals surface area contributed by atoms with Crippen LogP contribution in [0.5, 0.6) is 5.75 Å². The summed E-state index contributed by atoms with van der Waals surface area (Å²) in [6.07, 6.45) is 1.73. The van der Waals surface area contributed by atoms with Gasteiger partial charge in [-0.2, -0.15) is 5.26 Å². The number of fused-ring (bicyclic) bond motifs is 1. The van der Waals surface area contributed by atoms with Crippen molar-refractivity contribution in [3.8, 4) is 23.2 Å². The molecule has 0 bridgehead atoms. The minimum absolute atomic E-state index is 0.567. The molecule has 0 aliphatic carbocycles. The standard InChI is InChI=1S/C15H12N4O/c1-10-3-5-12(7-13(10)20-2)15-18-17-14-6-4-11(8-16)9-19(14)15/h3-7,9H,1-2H3. The van der Waals surface area contributed by atoms with E-state index in [0.29, 0.717) is 17.0 Å². The van der Waals surface area contributed by atoms with Gasteiger partial charge < -0.3 is 4.74 Å². The largest absolute Gasteiger partial charge is 0.496 e. The lowest BCUT2D eigenvalue weighted by atomic mass is 10.1. The molecule has 0 aliphatic heterocycles. The van der Waals surface area contributed by atoms with Gasteiger partial charge in [0.25, 0.3) is 0 Å². The molecule has 3 aromatic rings. The number of hydrogen-bond acceptors (Lipinski definition) is 4. The van der Waals surface area contributed by atoms with Crippen LogP contribution in [-0.2, 0) is 0 Å². The van der Waals surface area contributed by atoms with E-state index >= 15 is 0 Å². The van der Waals surface area contributed by atoms with E-state index in [0.717, 1.165) is 16.9 Å². The monoisotopic (exact) mass is 264 g/mol. The smallest absolute Gasteiger partial charge is 0.168 e. The molecule has 0 N–H and O–H groups in total. The van der Waals surface area contributed by atoms with Gasteiger partial charge >= 0.3 is 0 Å². The number of pyridine rings is 1. The van der Waals surface area contributed by atoms with Gasteiger partial charge in [-0.05, 0) is 30.7 Å². The fourth-order valence-electron chi connectivity index (χ4n) is 2.11. The first-order valence-electron chi connectivity index (χ1n) is 6.13. The van der Waals surface area contributed by atoms with Crippen molar-refractivity contribution in [1.29, 1.82) is 5.26 Å². The van der Waals surface area contributed by atoms with Crippen molar-refractivity contribution in [2.24, 2.45) is 0 Å². The van der Waals surface area contributed by atoms with Gasteiger partial charge in [0.05, 0.1) is 12.7 Å². The summed E-state index contributed by atoms with van der Waals surface area (Å²) in [5, 5.41) is 17.3. The Morgan fingerprint density at radius 1 is 1.20 bits per heavy atom. The van der Waals surface area contributed by atoms with Crippen LogP contribution in [0.15, 0.2) is 36.5 Å². The maximum atomic E-state index is 8.99. The van der Waals surface area contributed by atoms with Gasteiger partial charge in [-0.25, -0.2) is 0 Å². The van der Waals surface area contributed by atoms with E-state index in [1.807, 2.05) is 29.5 Å². The molecule has 0 saturated heterocycles. The highest BCUT2D eigenvalue weighted by Gasteiger charge is 2.10. The molecule has 0 amide bonds. The number of nitriles is 1. The number of aromatic nitrogens is 3. The Hall–Kier alpha value is -2.87. The third-order valence-corrected chi connectivity index (χ3v) is 3.20. The summed E-state index contributed by atoms with van der Waals surface area (Å²) >= 11 is 0. The number of methoxy groups -OCH3 is 1. The molecule has 0 unspecified atom stereocenters. The Morgan fingerprint density at radius 2 is 2.05 bits per heavy atom. The van der Waals surface area contributed by atoms with E-state index in [1.54, 1.807) is 25.4 Å². The summed E-state index contributed by atoms with van der Waals surface area (Å²) in [6, 6.07) is 11.5. The van der Waals surface area contributed by atoms with Crippen LogP contribution < -0.4 is 4.74 Å². The zero-order chi connectivity index (χ0) is 14.1. The number of nitrogens with zero attached hydrogens (tertiary/aromatic N) is 4. The lowest BCUT2D eigenvalue weighted by Crippen LogP contribution is -1.93. The van der Waals surface area contributed by atoms with Crippen LogP contribution in [0, 0.1) is 18.3 Å². The maximum absolute atomic E-state index is 8.99. The van der Waals surface area contributed by atoms with Gasteiger partial charge in [0.1, 0.15) is 11.8 Å². The SMILES string of the molecule is COc1cc(-c2nnc3ccc(C#N)cn23)ccc1C. The predicted octanol–water partition coefficient (Wildman–Crippen LogP) is 2.59. The molecule has 0 radical (unpaired) electrons. The highest BCUT2D eigenvalue weighted by Crippen LogP contribution is 2.26. The molecular weight excluding hydrogens is 252 g/mol. The molecule has 3 rings (SSSR count). The number of ether oxygens (including phenoxy) is 1. The van der Waals surface area contributed by atoms with Crippen molar-refractivity contribution in [2.45, 2.75) is 6.92 Å².